The highest BCUT2D eigenvalue weighted by Gasteiger charge is 2.23. The summed E-state index contributed by atoms with van der Waals surface area (Å²) >= 11 is 0. The number of terminal acetylenes is 1. The monoisotopic (exact) mass is 259 g/mol. The van der Waals surface area contributed by atoms with Crippen molar-refractivity contribution < 1.29 is 4.74 Å². The first kappa shape index (κ1) is 13.1. The van der Waals surface area contributed by atoms with Crippen molar-refractivity contribution in [2.45, 2.75) is 32.8 Å². The van der Waals surface area contributed by atoms with E-state index in [1.54, 1.807) is 11.7 Å². The third kappa shape index (κ3) is 2.32. The predicted octanol–water partition coefficient (Wildman–Crippen LogP) is 1.49. The molecule has 0 radical (unpaired) electrons. The van der Waals surface area contributed by atoms with Gasteiger partial charge in [0.05, 0.1) is 0 Å². The van der Waals surface area contributed by atoms with Crippen LogP contribution in [0.15, 0.2) is 0 Å². The number of nitrogens with zero attached hydrogens (tertiary/aromatic N) is 4. The second-order valence-electron chi connectivity index (χ2n) is 4.92. The normalized spacial score (nSPS) is 11.5. The third-order valence-electron chi connectivity index (χ3n) is 3.01. The minimum Gasteiger partial charge on any atom is -0.470 e. The number of nitrogens with two attached hydrogens (primary N) is 1. The molecule has 0 amide bonds. The fraction of sp³-hybridized carbons (Fsp3) is 0.462. The molecule has 19 heavy (non-hydrogen) atoms. The summed E-state index contributed by atoms with van der Waals surface area (Å²) in [6, 6.07) is 0. The minimum atomic E-state index is -0.323. The molecular weight excluding hydrogens is 242 g/mol. The first-order chi connectivity index (χ1) is 8.88. The minimum absolute atomic E-state index is 0.233. The molecule has 2 aromatic rings. The second-order valence-corrected chi connectivity index (χ2v) is 4.92. The van der Waals surface area contributed by atoms with E-state index in [0.29, 0.717) is 16.9 Å². The van der Waals surface area contributed by atoms with Crippen molar-refractivity contribution in [3.63, 3.8) is 0 Å². The van der Waals surface area contributed by atoms with Gasteiger partial charge in [-0.25, -0.2) is 14.6 Å². The van der Waals surface area contributed by atoms with E-state index in [9.17, 15) is 0 Å². The van der Waals surface area contributed by atoms with Crippen LogP contribution in [0.25, 0.3) is 11.0 Å². The molecule has 2 aromatic heterocycles. The Labute approximate surface area is 112 Å². The van der Waals surface area contributed by atoms with Crippen molar-refractivity contribution in [2.24, 2.45) is 7.05 Å². The molecule has 0 spiro atoms. The lowest BCUT2D eigenvalue weighted by Gasteiger charge is -2.24. The van der Waals surface area contributed by atoms with Crippen molar-refractivity contribution in [1.82, 2.24) is 19.7 Å². The highest BCUT2D eigenvalue weighted by molar-refractivity contribution is 5.88. The Bertz CT molecular complexity index is 666. The van der Waals surface area contributed by atoms with E-state index in [0.717, 1.165) is 6.42 Å². The molecule has 0 unspecified atom stereocenters. The van der Waals surface area contributed by atoms with Crippen LogP contribution in [0.4, 0.5) is 5.82 Å². The number of anilines is 1. The van der Waals surface area contributed by atoms with Crippen LogP contribution in [-0.2, 0) is 7.05 Å². The molecule has 6 heteroatoms. The number of rotatable bonds is 3. The first-order valence-electron chi connectivity index (χ1n) is 6.04. The highest BCUT2D eigenvalue weighted by atomic mass is 16.5. The Morgan fingerprint density at radius 2 is 2.05 bits per heavy atom. The largest absolute Gasteiger partial charge is 0.470 e. The topological polar surface area (TPSA) is 78.8 Å². The number of ether oxygens (including phenoxy) is 1. The molecular formula is C13H17N5O. The van der Waals surface area contributed by atoms with Gasteiger partial charge in [0.2, 0.25) is 11.7 Å². The lowest BCUT2D eigenvalue weighted by molar-refractivity contribution is 0.0948. The summed E-state index contributed by atoms with van der Waals surface area (Å²) < 4.78 is 7.58. The lowest BCUT2D eigenvalue weighted by atomic mass is 10.1. The summed E-state index contributed by atoms with van der Waals surface area (Å²) in [7, 11) is 1.78. The number of fused-ring (bicyclic) bond motifs is 1. The summed E-state index contributed by atoms with van der Waals surface area (Å²) in [6.07, 6.45) is 6.17. The van der Waals surface area contributed by atoms with Gasteiger partial charge in [0, 0.05) is 7.05 Å². The molecule has 100 valence electrons. The quantitative estimate of drug-likeness (QED) is 0.845. The van der Waals surface area contributed by atoms with E-state index < -0.39 is 0 Å². The van der Waals surface area contributed by atoms with Gasteiger partial charge in [-0.1, -0.05) is 6.92 Å². The van der Waals surface area contributed by atoms with E-state index in [4.69, 9.17) is 16.9 Å². The zero-order valence-corrected chi connectivity index (χ0v) is 11.6. The van der Waals surface area contributed by atoms with Crippen LogP contribution >= 0.6 is 0 Å². The van der Waals surface area contributed by atoms with Gasteiger partial charge in [0.15, 0.2) is 16.9 Å². The van der Waals surface area contributed by atoms with Gasteiger partial charge in [-0.15, -0.1) is 6.42 Å². The maximum atomic E-state index is 5.98. The molecule has 0 atom stereocenters. The fourth-order valence-electron chi connectivity index (χ4n) is 1.58. The Morgan fingerprint density at radius 3 is 2.63 bits per heavy atom. The number of nitrogen functional groups attached to an aromatic ring is 1. The van der Waals surface area contributed by atoms with Crippen LogP contribution in [0, 0.1) is 12.3 Å². The van der Waals surface area contributed by atoms with Crippen molar-refractivity contribution >= 4 is 16.9 Å². The smallest absolute Gasteiger partial charge is 0.239 e. The van der Waals surface area contributed by atoms with Gasteiger partial charge < -0.3 is 10.5 Å². The molecule has 0 saturated heterocycles. The van der Waals surface area contributed by atoms with Crippen LogP contribution in [0.2, 0.25) is 0 Å². The van der Waals surface area contributed by atoms with Gasteiger partial charge >= 0.3 is 0 Å². The molecule has 0 aliphatic heterocycles. The molecule has 0 aromatic carbocycles. The molecule has 0 aliphatic carbocycles. The molecule has 0 saturated carbocycles. The molecule has 2 rings (SSSR count). The summed E-state index contributed by atoms with van der Waals surface area (Å²) in [5.41, 5.74) is 6.56. The zero-order valence-electron chi connectivity index (χ0n) is 11.6. The van der Waals surface area contributed by atoms with E-state index in [2.05, 4.69) is 27.9 Å². The summed E-state index contributed by atoms with van der Waals surface area (Å²) in [5, 5.41) is 4.28. The molecule has 6 nitrogen and oxygen atoms in total. The Morgan fingerprint density at radius 1 is 1.37 bits per heavy atom. The van der Waals surface area contributed by atoms with E-state index in [1.165, 1.54) is 0 Å². The van der Waals surface area contributed by atoms with Gasteiger partial charge in [-0.05, 0) is 26.2 Å². The molecule has 0 fully saturated rings. The summed E-state index contributed by atoms with van der Waals surface area (Å²) in [5.74, 6) is 3.42. The van der Waals surface area contributed by atoms with Gasteiger partial charge in [-0.2, -0.15) is 5.10 Å². The van der Waals surface area contributed by atoms with Gasteiger partial charge in [0.25, 0.3) is 0 Å². The summed E-state index contributed by atoms with van der Waals surface area (Å²) in [4.78, 5) is 8.25. The maximum absolute atomic E-state index is 5.98. The number of aromatic nitrogens is 4. The van der Waals surface area contributed by atoms with Crippen LogP contribution in [0.3, 0.4) is 0 Å². The van der Waals surface area contributed by atoms with E-state index in [-0.39, 0.29) is 17.2 Å². The van der Waals surface area contributed by atoms with Gasteiger partial charge in [-0.3, -0.25) is 0 Å². The Balaban J connectivity index is 2.64. The standard InChI is InChI=1S/C13H17N5O/c1-6-8-15-10-9(11(14)16-8)17-18(5)12(10)19-13(3,4)7-2/h1H,7H2,2-5H3,(H2,14,15,16). The highest BCUT2D eigenvalue weighted by Crippen LogP contribution is 2.29. The predicted molar refractivity (Wildman–Crippen MR) is 73.6 cm³/mol. The van der Waals surface area contributed by atoms with Crippen molar-refractivity contribution in [2.75, 3.05) is 5.73 Å². The first-order valence-corrected chi connectivity index (χ1v) is 6.04. The molecule has 2 heterocycles. The van der Waals surface area contributed by atoms with Crippen LogP contribution < -0.4 is 10.5 Å². The molecule has 2 N–H and O–H groups in total. The SMILES string of the molecule is C#Cc1nc(N)c2nn(C)c(OC(C)(C)CC)c2n1. The Hall–Kier alpha value is -2.29. The average Bonchev–Trinajstić information content (AvgIpc) is 2.67. The van der Waals surface area contributed by atoms with Crippen molar-refractivity contribution in [1.29, 1.82) is 0 Å². The number of hydrogen-bond donors (Lipinski definition) is 1. The average molecular weight is 259 g/mol. The Kier molecular flexibility index (Phi) is 3.06. The molecule has 0 bridgehead atoms. The lowest BCUT2D eigenvalue weighted by Crippen LogP contribution is -2.28. The van der Waals surface area contributed by atoms with Crippen molar-refractivity contribution in [3.05, 3.63) is 5.82 Å². The van der Waals surface area contributed by atoms with E-state index in [1.807, 2.05) is 13.8 Å². The number of aryl methyl sites for hydroxylation is 1. The van der Waals surface area contributed by atoms with E-state index >= 15 is 0 Å². The number of hydrogen-bond acceptors (Lipinski definition) is 5. The van der Waals surface area contributed by atoms with Crippen molar-refractivity contribution in [3.8, 4) is 18.2 Å². The fourth-order valence-corrected chi connectivity index (χ4v) is 1.58. The molecule has 0 aliphatic rings. The third-order valence-corrected chi connectivity index (χ3v) is 3.01. The zero-order chi connectivity index (χ0) is 14.2. The van der Waals surface area contributed by atoms with Gasteiger partial charge in [0.1, 0.15) is 5.60 Å². The summed E-state index contributed by atoms with van der Waals surface area (Å²) in [6.45, 7) is 6.05. The maximum Gasteiger partial charge on any atom is 0.239 e. The van der Waals surface area contributed by atoms with Crippen LogP contribution in [0.1, 0.15) is 33.0 Å². The van der Waals surface area contributed by atoms with Crippen LogP contribution in [-0.4, -0.2) is 25.3 Å². The second kappa shape index (κ2) is 4.43. The van der Waals surface area contributed by atoms with Crippen LogP contribution in [0.5, 0.6) is 5.88 Å².